The zero-order valence-corrected chi connectivity index (χ0v) is 9.75. The summed E-state index contributed by atoms with van der Waals surface area (Å²) >= 11 is 0. The van der Waals surface area contributed by atoms with Crippen molar-refractivity contribution in [3.63, 3.8) is 0 Å². The quantitative estimate of drug-likeness (QED) is 0.673. The minimum atomic E-state index is 0.413. The smallest absolute Gasteiger partial charge is 0.0674 e. The average Bonchev–Trinajstić information content (AvgIpc) is 2.18. The molecule has 0 bridgehead atoms. The summed E-state index contributed by atoms with van der Waals surface area (Å²) in [4.78, 5) is 2.55. The average molecular weight is 200 g/mol. The molecular formula is C11H24N2O. The summed E-state index contributed by atoms with van der Waals surface area (Å²) in [5.74, 6) is 0. The van der Waals surface area contributed by atoms with Crippen molar-refractivity contribution in [1.82, 2.24) is 10.2 Å². The Balaban J connectivity index is 2.14. The zero-order chi connectivity index (χ0) is 10.4. The summed E-state index contributed by atoms with van der Waals surface area (Å²) in [5, 5.41) is 3.18. The number of hydrogen-bond acceptors (Lipinski definition) is 3. The van der Waals surface area contributed by atoms with Gasteiger partial charge in [-0.3, -0.25) is 4.90 Å². The fraction of sp³-hybridized carbons (Fsp3) is 1.00. The van der Waals surface area contributed by atoms with E-state index in [2.05, 4.69) is 24.1 Å². The third-order valence-electron chi connectivity index (χ3n) is 2.86. The first kappa shape index (κ1) is 12.0. The van der Waals surface area contributed by atoms with Crippen LogP contribution in [0.3, 0.4) is 0 Å². The van der Waals surface area contributed by atoms with Crippen LogP contribution < -0.4 is 5.32 Å². The molecule has 1 fully saturated rings. The lowest BCUT2D eigenvalue weighted by molar-refractivity contribution is -0.0495. The number of nitrogens with zero attached hydrogens (tertiary/aromatic N) is 1. The van der Waals surface area contributed by atoms with Gasteiger partial charge in [0.2, 0.25) is 0 Å². The lowest BCUT2D eigenvalue weighted by Crippen LogP contribution is -2.47. The standard InChI is InChI=1S/C11H24N2O/c1-10-9-14-11(2)8-13(10)7-5-4-6-12-3/h10-12H,4-9H2,1-3H3. The first-order valence-corrected chi connectivity index (χ1v) is 5.74. The number of nitrogens with one attached hydrogen (secondary N) is 1. The minimum Gasteiger partial charge on any atom is -0.376 e. The highest BCUT2D eigenvalue weighted by Crippen LogP contribution is 2.11. The monoisotopic (exact) mass is 200 g/mol. The Morgan fingerprint density at radius 2 is 2.14 bits per heavy atom. The van der Waals surface area contributed by atoms with E-state index >= 15 is 0 Å². The Morgan fingerprint density at radius 3 is 2.86 bits per heavy atom. The molecule has 3 nitrogen and oxygen atoms in total. The van der Waals surface area contributed by atoms with Crippen molar-refractivity contribution in [2.24, 2.45) is 0 Å². The molecule has 0 radical (unpaired) electrons. The topological polar surface area (TPSA) is 24.5 Å². The zero-order valence-electron chi connectivity index (χ0n) is 9.75. The van der Waals surface area contributed by atoms with Crippen LogP contribution in [-0.2, 0) is 4.74 Å². The third-order valence-corrected chi connectivity index (χ3v) is 2.86. The number of ether oxygens (including phenoxy) is 1. The Labute approximate surface area is 87.8 Å². The molecule has 14 heavy (non-hydrogen) atoms. The highest BCUT2D eigenvalue weighted by atomic mass is 16.5. The van der Waals surface area contributed by atoms with E-state index in [0.717, 1.165) is 19.7 Å². The molecule has 0 aliphatic carbocycles. The predicted molar refractivity (Wildman–Crippen MR) is 59.6 cm³/mol. The second kappa shape index (κ2) is 6.38. The SMILES string of the molecule is CNCCCCN1CC(C)OCC1C. The van der Waals surface area contributed by atoms with Crippen LogP contribution in [0.1, 0.15) is 26.7 Å². The van der Waals surface area contributed by atoms with E-state index in [-0.39, 0.29) is 0 Å². The van der Waals surface area contributed by atoms with Crippen LogP contribution in [0.25, 0.3) is 0 Å². The van der Waals surface area contributed by atoms with Gasteiger partial charge in [-0.2, -0.15) is 0 Å². The summed E-state index contributed by atoms with van der Waals surface area (Å²) in [6.45, 7) is 8.76. The van der Waals surface area contributed by atoms with Crippen molar-refractivity contribution >= 4 is 0 Å². The predicted octanol–water partition coefficient (Wildman–Crippen LogP) is 1.10. The maximum atomic E-state index is 5.59. The molecule has 84 valence electrons. The normalized spacial score (nSPS) is 29.4. The van der Waals surface area contributed by atoms with Gasteiger partial charge >= 0.3 is 0 Å². The van der Waals surface area contributed by atoms with E-state index in [4.69, 9.17) is 4.74 Å². The third kappa shape index (κ3) is 3.95. The van der Waals surface area contributed by atoms with Gasteiger partial charge in [0.15, 0.2) is 0 Å². The van der Waals surface area contributed by atoms with Crippen LogP contribution in [0, 0.1) is 0 Å². The van der Waals surface area contributed by atoms with Crippen molar-refractivity contribution in [3.05, 3.63) is 0 Å². The molecule has 0 aromatic carbocycles. The van der Waals surface area contributed by atoms with Crippen LogP contribution in [0.5, 0.6) is 0 Å². The van der Waals surface area contributed by atoms with Crippen LogP contribution in [0.4, 0.5) is 0 Å². The van der Waals surface area contributed by atoms with Crippen LogP contribution in [-0.4, -0.2) is 50.3 Å². The summed E-state index contributed by atoms with van der Waals surface area (Å²) in [6.07, 6.45) is 2.97. The van der Waals surface area contributed by atoms with Gasteiger partial charge in [0.05, 0.1) is 12.7 Å². The van der Waals surface area contributed by atoms with Gasteiger partial charge in [-0.25, -0.2) is 0 Å². The Morgan fingerprint density at radius 1 is 1.36 bits per heavy atom. The number of morpholine rings is 1. The lowest BCUT2D eigenvalue weighted by Gasteiger charge is -2.36. The van der Waals surface area contributed by atoms with Gasteiger partial charge in [0.25, 0.3) is 0 Å². The van der Waals surface area contributed by atoms with E-state index in [0.29, 0.717) is 12.1 Å². The molecule has 0 spiro atoms. The fourth-order valence-corrected chi connectivity index (χ4v) is 1.90. The van der Waals surface area contributed by atoms with Gasteiger partial charge in [-0.15, -0.1) is 0 Å². The van der Waals surface area contributed by atoms with Gasteiger partial charge in [-0.1, -0.05) is 0 Å². The summed E-state index contributed by atoms with van der Waals surface area (Å²) < 4.78 is 5.59. The Hall–Kier alpha value is -0.120. The van der Waals surface area contributed by atoms with Crippen molar-refractivity contribution in [1.29, 1.82) is 0 Å². The van der Waals surface area contributed by atoms with Crippen molar-refractivity contribution < 1.29 is 4.74 Å². The van der Waals surface area contributed by atoms with Crippen LogP contribution in [0.15, 0.2) is 0 Å². The van der Waals surface area contributed by atoms with Crippen LogP contribution in [0.2, 0.25) is 0 Å². The maximum absolute atomic E-state index is 5.59. The van der Waals surface area contributed by atoms with Crippen molar-refractivity contribution in [3.8, 4) is 0 Å². The fourth-order valence-electron chi connectivity index (χ4n) is 1.90. The van der Waals surface area contributed by atoms with E-state index < -0.39 is 0 Å². The molecule has 1 rings (SSSR count). The Bertz CT molecular complexity index is 152. The molecule has 3 heteroatoms. The van der Waals surface area contributed by atoms with Gasteiger partial charge in [0.1, 0.15) is 0 Å². The van der Waals surface area contributed by atoms with Crippen LogP contribution >= 0.6 is 0 Å². The molecule has 1 N–H and O–H groups in total. The molecule has 1 aliphatic rings. The molecule has 0 saturated carbocycles. The summed E-state index contributed by atoms with van der Waals surface area (Å²) in [7, 11) is 2.01. The summed E-state index contributed by atoms with van der Waals surface area (Å²) in [6, 6.07) is 0.598. The van der Waals surface area contributed by atoms with Crippen molar-refractivity contribution in [2.75, 3.05) is 33.3 Å². The highest BCUT2D eigenvalue weighted by molar-refractivity contribution is 4.74. The number of hydrogen-bond donors (Lipinski definition) is 1. The lowest BCUT2D eigenvalue weighted by atomic mass is 10.2. The van der Waals surface area contributed by atoms with E-state index in [1.54, 1.807) is 0 Å². The molecule has 1 saturated heterocycles. The van der Waals surface area contributed by atoms with E-state index in [1.165, 1.54) is 19.4 Å². The number of unbranched alkanes of at least 4 members (excludes halogenated alkanes) is 1. The highest BCUT2D eigenvalue weighted by Gasteiger charge is 2.22. The molecule has 2 atom stereocenters. The summed E-state index contributed by atoms with van der Waals surface area (Å²) in [5.41, 5.74) is 0. The maximum Gasteiger partial charge on any atom is 0.0674 e. The number of rotatable bonds is 5. The minimum absolute atomic E-state index is 0.413. The molecule has 0 aromatic heterocycles. The largest absolute Gasteiger partial charge is 0.376 e. The molecule has 1 heterocycles. The van der Waals surface area contributed by atoms with E-state index in [1.807, 2.05) is 7.05 Å². The first-order valence-electron chi connectivity index (χ1n) is 5.74. The van der Waals surface area contributed by atoms with Gasteiger partial charge < -0.3 is 10.1 Å². The second-order valence-electron chi connectivity index (χ2n) is 4.30. The van der Waals surface area contributed by atoms with Gasteiger partial charge in [0, 0.05) is 12.6 Å². The molecule has 2 unspecified atom stereocenters. The molecule has 0 aromatic rings. The molecule has 0 amide bonds. The van der Waals surface area contributed by atoms with E-state index in [9.17, 15) is 0 Å². The van der Waals surface area contributed by atoms with Crippen molar-refractivity contribution in [2.45, 2.75) is 38.8 Å². The van der Waals surface area contributed by atoms with Gasteiger partial charge in [-0.05, 0) is 46.8 Å². The Kier molecular flexibility index (Phi) is 5.45. The molecular weight excluding hydrogens is 176 g/mol. The first-order chi connectivity index (χ1) is 6.74. The second-order valence-corrected chi connectivity index (χ2v) is 4.30. The molecule has 1 aliphatic heterocycles.